The van der Waals surface area contributed by atoms with Crippen molar-refractivity contribution in [2.24, 2.45) is 0 Å². The van der Waals surface area contributed by atoms with Crippen LogP contribution in [0.5, 0.6) is 0 Å². The van der Waals surface area contributed by atoms with Crippen LogP contribution in [0.25, 0.3) is 0 Å². The first-order chi connectivity index (χ1) is 6.55. The lowest BCUT2D eigenvalue weighted by molar-refractivity contribution is 0.0115. The minimum absolute atomic E-state index is 0.0357. The molecule has 0 unspecified atom stereocenters. The van der Waals surface area contributed by atoms with Crippen molar-refractivity contribution in [3.8, 4) is 0 Å². The number of hydrogen-bond acceptors (Lipinski definition) is 2. The van der Waals surface area contributed by atoms with Crippen molar-refractivity contribution in [2.45, 2.75) is 18.9 Å². The van der Waals surface area contributed by atoms with Gasteiger partial charge in [0.1, 0.15) is 0 Å². The van der Waals surface area contributed by atoms with Crippen LogP contribution in [-0.2, 0) is 6.54 Å². The molecule has 1 saturated heterocycles. The summed E-state index contributed by atoms with van der Waals surface area (Å²) in [6.07, 6.45) is 1.55. The minimum atomic E-state index is -2.51. The minimum Gasteiger partial charge on any atom is -0.457 e. The van der Waals surface area contributed by atoms with Gasteiger partial charge in [-0.1, -0.05) is 0 Å². The molecular weight excluding hydrogens is 256 g/mol. The second-order valence-corrected chi connectivity index (χ2v) is 4.36. The van der Waals surface area contributed by atoms with Gasteiger partial charge in [-0.25, -0.2) is 8.78 Å². The molecule has 1 aromatic heterocycles. The normalized spacial score (nSPS) is 21.6. The van der Waals surface area contributed by atoms with Gasteiger partial charge in [0.15, 0.2) is 4.67 Å². The molecule has 14 heavy (non-hydrogen) atoms. The first-order valence-corrected chi connectivity index (χ1v) is 5.18. The number of rotatable bonds is 2. The summed E-state index contributed by atoms with van der Waals surface area (Å²) in [6.45, 7) is 0.844. The number of likely N-dealkylation sites (tertiary alicyclic amines) is 1. The highest BCUT2D eigenvalue weighted by atomic mass is 79.9. The zero-order valence-corrected chi connectivity index (χ0v) is 9.06. The molecule has 1 fully saturated rings. The van der Waals surface area contributed by atoms with Crippen LogP contribution in [0.1, 0.15) is 12.0 Å². The molecule has 5 heteroatoms. The predicted molar refractivity (Wildman–Crippen MR) is 51.2 cm³/mol. The zero-order valence-electron chi connectivity index (χ0n) is 7.47. The highest BCUT2D eigenvalue weighted by Crippen LogP contribution is 2.28. The summed E-state index contributed by atoms with van der Waals surface area (Å²) in [6, 6.07) is 1.80. The zero-order chi connectivity index (χ0) is 10.2. The molecule has 0 amide bonds. The van der Waals surface area contributed by atoms with E-state index in [1.54, 1.807) is 17.2 Å². The predicted octanol–water partition coefficient (Wildman–Crippen LogP) is 2.88. The maximum absolute atomic E-state index is 12.8. The molecule has 0 saturated carbocycles. The summed E-state index contributed by atoms with van der Waals surface area (Å²) in [5.74, 6) is -2.51. The van der Waals surface area contributed by atoms with Crippen molar-refractivity contribution in [3.05, 3.63) is 22.6 Å². The molecule has 1 aliphatic rings. The summed E-state index contributed by atoms with van der Waals surface area (Å²) in [7, 11) is 0. The van der Waals surface area contributed by atoms with Gasteiger partial charge < -0.3 is 4.42 Å². The molecule has 0 bridgehead atoms. The van der Waals surface area contributed by atoms with E-state index in [4.69, 9.17) is 4.42 Å². The van der Waals surface area contributed by atoms with E-state index in [1.165, 1.54) is 0 Å². The smallest absolute Gasteiger partial charge is 0.261 e. The molecule has 2 rings (SSSR count). The second kappa shape index (κ2) is 3.62. The van der Waals surface area contributed by atoms with E-state index in [-0.39, 0.29) is 13.0 Å². The Morgan fingerprint density at radius 1 is 1.57 bits per heavy atom. The molecular formula is C9H10BrF2NO. The second-order valence-electron chi connectivity index (χ2n) is 3.58. The third-order valence-electron chi connectivity index (χ3n) is 2.28. The van der Waals surface area contributed by atoms with E-state index in [0.29, 0.717) is 17.8 Å². The van der Waals surface area contributed by atoms with Crippen LogP contribution in [-0.4, -0.2) is 23.9 Å². The van der Waals surface area contributed by atoms with Crippen molar-refractivity contribution >= 4 is 15.9 Å². The van der Waals surface area contributed by atoms with Crippen LogP contribution < -0.4 is 0 Å². The molecule has 0 aliphatic carbocycles. The van der Waals surface area contributed by atoms with E-state index in [0.717, 1.165) is 5.56 Å². The molecule has 78 valence electrons. The topological polar surface area (TPSA) is 16.4 Å². The summed E-state index contributed by atoms with van der Waals surface area (Å²) in [4.78, 5) is 1.73. The van der Waals surface area contributed by atoms with Crippen LogP contribution in [0.4, 0.5) is 8.78 Å². The van der Waals surface area contributed by atoms with Crippen molar-refractivity contribution < 1.29 is 13.2 Å². The SMILES string of the molecule is FC1(F)CCN(Cc2coc(Br)c2)C1. The van der Waals surface area contributed by atoms with Gasteiger partial charge >= 0.3 is 0 Å². The highest BCUT2D eigenvalue weighted by molar-refractivity contribution is 9.10. The summed E-state index contributed by atoms with van der Waals surface area (Å²) < 4.78 is 31.3. The maximum Gasteiger partial charge on any atom is 0.261 e. The van der Waals surface area contributed by atoms with Gasteiger partial charge in [0.2, 0.25) is 0 Å². The van der Waals surface area contributed by atoms with E-state index in [9.17, 15) is 8.78 Å². The Morgan fingerprint density at radius 2 is 2.36 bits per heavy atom. The molecule has 2 nitrogen and oxygen atoms in total. The Labute approximate surface area is 89.0 Å². The Bertz CT molecular complexity index is 326. The maximum atomic E-state index is 12.8. The highest BCUT2D eigenvalue weighted by Gasteiger charge is 2.37. The van der Waals surface area contributed by atoms with Crippen LogP contribution in [0.3, 0.4) is 0 Å². The van der Waals surface area contributed by atoms with Gasteiger partial charge in [0.25, 0.3) is 5.92 Å². The van der Waals surface area contributed by atoms with Crippen LogP contribution >= 0.6 is 15.9 Å². The lowest BCUT2D eigenvalue weighted by Gasteiger charge is -2.13. The van der Waals surface area contributed by atoms with Crippen molar-refractivity contribution in [1.82, 2.24) is 4.90 Å². The summed E-state index contributed by atoms with van der Waals surface area (Å²) in [5.41, 5.74) is 0.926. The van der Waals surface area contributed by atoms with Gasteiger partial charge in [-0.15, -0.1) is 0 Å². The number of nitrogens with zero attached hydrogens (tertiary/aromatic N) is 1. The number of furan rings is 1. The van der Waals surface area contributed by atoms with E-state index >= 15 is 0 Å². The van der Waals surface area contributed by atoms with Gasteiger partial charge in [0.05, 0.1) is 12.8 Å². The Balaban J connectivity index is 1.94. The average molecular weight is 266 g/mol. The summed E-state index contributed by atoms with van der Waals surface area (Å²) in [5, 5.41) is 0. The lowest BCUT2D eigenvalue weighted by Crippen LogP contribution is -2.24. The molecule has 2 heterocycles. The molecule has 0 aromatic carbocycles. The molecule has 0 radical (unpaired) electrons. The fraction of sp³-hybridized carbons (Fsp3) is 0.556. The lowest BCUT2D eigenvalue weighted by atomic mass is 10.3. The van der Waals surface area contributed by atoms with Gasteiger partial charge in [-0.3, -0.25) is 4.90 Å². The number of hydrogen-bond donors (Lipinski definition) is 0. The van der Waals surface area contributed by atoms with E-state index in [2.05, 4.69) is 15.9 Å². The average Bonchev–Trinajstić information content (AvgIpc) is 2.59. The summed E-state index contributed by atoms with van der Waals surface area (Å²) >= 11 is 3.17. The van der Waals surface area contributed by atoms with Gasteiger partial charge in [-0.05, 0) is 22.0 Å². The fourth-order valence-electron chi connectivity index (χ4n) is 1.63. The molecule has 0 atom stereocenters. The molecule has 1 aliphatic heterocycles. The van der Waals surface area contributed by atoms with Gasteiger partial charge in [-0.2, -0.15) is 0 Å². The van der Waals surface area contributed by atoms with E-state index < -0.39 is 5.92 Å². The third kappa shape index (κ3) is 2.33. The van der Waals surface area contributed by atoms with Crippen LogP contribution in [0.2, 0.25) is 0 Å². The van der Waals surface area contributed by atoms with Gasteiger partial charge in [0, 0.05) is 25.1 Å². The Hall–Kier alpha value is -0.420. The quantitative estimate of drug-likeness (QED) is 0.818. The van der Waals surface area contributed by atoms with Crippen LogP contribution in [0.15, 0.2) is 21.4 Å². The van der Waals surface area contributed by atoms with Crippen LogP contribution in [0, 0.1) is 0 Å². The Kier molecular flexibility index (Phi) is 2.62. The molecule has 0 N–H and O–H groups in total. The Morgan fingerprint density at radius 3 is 2.86 bits per heavy atom. The monoisotopic (exact) mass is 265 g/mol. The van der Waals surface area contributed by atoms with Crippen molar-refractivity contribution in [1.29, 1.82) is 0 Å². The standard InChI is InChI=1S/C9H10BrF2NO/c10-8-3-7(5-14-8)4-13-2-1-9(11,12)6-13/h3,5H,1-2,4,6H2. The molecule has 0 spiro atoms. The largest absolute Gasteiger partial charge is 0.457 e. The fourth-order valence-corrected chi connectivity index (χ4v) is 2.02. The first kappa shape index (κ1) is 10.1. The van der Waals surface area contributed by atoms with Crippen molar-refractivity contribution in [2.75, 3.05) is 13.1 Å². The number of halogens is 3. The van der Waals surface area contributed by atoms with E-state index in [1.807, 2.05) is 0 Å². The number of alkyl halides is 2. The first-order valence-electron chi connectivity index (χ1n) is 4.38. The van der Waals surface area contributed by atoms with Crippen molar-refractivity contribution in [3.63, 3.8) is 0 Å². The molecule has 1 aromatic rings. The third-order valence-corrected chi connectivity index (χ3v) is 2.69.